The van der Waals surface area contributed by atoms with Gasteiger partial charge in [-0.05, 0) is 73.9 Å². The van der Waals surface area contributed by atoms with Gasteiger partial charge in [0.1, 0.15) is 12.6 Å². The first-order chi connectivity index (χ1) is 20.5. The lowest BCUT2D eigenvalue weighted by atomic mass is 10.1. The second kappa shape index (κ2) is 14.5. The Labute approximate surface area is 266 Å². The monoisotopic (exact) mass is 691 g/mol. The molecule has 0 aliphatic heterocycles. The van der Waals surface area contributed by atoms with Crippen molar-refractivity contribution in [1.82, 2.24) is 10.2 Å². The van der Waals surface area contributed by atoms with E-state index in [9.17, 15) is 18.0 Å². The van der Waals surface area contributed by atoms with Crippen LogP contribution in [-0.4, -0.2) is 58.0 Å². The number of amides is 2. The third-order valence-electron chi connectivity index (χ3n) is 7.47. The van der Waals surface area contributed by atoms with Crippen molar-refractivity contribution in [1.29, 1.82) is 0 Å². The zero-order valence-corrected chi connectivity index (χ0v) is 27.4. The molecule has 1 atom stereocenters. The Morgan fingerprint density at radius 1 is 0.977 bits per heavy atom. The van der Waals surface area contributed by atoms with Gasteiger partial charge in [0, 0.05) is 28.1 Å². The van der Waals surface area contributed by atoms with E-state index in [2.05, 4.69) is 21.2 Å². The van der Waals surface area contributed by atoms with Crippen LogP contribution < -0.4 is 19.1 Å². The number of hydrogen-bond acceptors (Lipinski definition) is 6. The summed E-state index contributed by atoms with van der Waals surface area (Å²) in [7, 11) is -1.43. The Morgan fingerprint density at radius 2 is 1.60 bits per heavy atom. The van der Waals surface area contributed by atoms with E-state index >= 15 is 0 Å². The molecule has 1 fully saturated rings. The smallest absolute Gasteiger partial charge is 0.264 e. The number of nitrogens with one attached hydrogen (secondary N) is 1. The summed E-state index contributed by atoms with van der Waals surface area (Å²) >= 11 is 9.53. The van der Waals surface area contributed by atoms with Crippen LogP contribution in [0.2, 0.25) is 5.02 Å². The van der Waals surface area contributed by atoms with Crippen LogP contribution in [0.1, 0.15) is 38.2 Å². The number of sulfonamides is 1. The van der Waals surface area contributed by atoms with Gasteiger partial charge in [0.05, 0.1) is 24.8 Å². The van der Waals surface area contributed by atoms with Crippen molar-refractivity contribution in [3.63, 3.8) is 0 Å². The predicted molar refractivity (Wildman–Crippen MR) is 170 cm³/mol. The van der Waals surface area contributed by atoms with E-state index in [0.717, 1.165) is 40.0 Å². The van der Waals surface area contributed by atoms with Crippen molar-refractivity contribution in [2.75, 3.05) is 25.1 Å². The highest BCUT2D eigenvalue weighted by Crippen LogP contribution is 2.33. The van der Waals surface area contributed by atoms with Gasteiger partial charge in [-0.3, -0.25) is 13.9 Å². The predicted octanol–water partition coefficient (Wildman–Crippen LogP) is 5.79. The molecule has 0 heterocycles. The van der Waals surface area contributed by atoms with Crippen molar-refractivity contribution >= 4 is 55.1 Å². The molecule has 1 saturated carbocycles. The van der Waals surface area contributed by atoms with Gasteiger partial charge in [-0.2, -0.15) is 0 Å². The van der Waals surface area contributed by atoms with E-state index in [1.807, 2.05) is 24.3 Å². The average Bonchev–Trinajstić information content (AvgIpc) is 3.52. The zero-order chi connectivity index (χ0) is 31.1. The van der Waals surface area contributed by atoms with E-state index in [1.165, 1.54) is 49.5 Å². The highest BCUT2D eigenvalue weighted by molar-refractivity contribution is 9.10. The van der Waals surface area contributed by atoms with E-state index in [4.69, 9.17) is 21.1 Å². The maximum Gasteiger partial charge on any atom is 0.264 e. The first-order valence-corrected chi connectivity index (χ1v) is 16.5. The molecule has 230 valence electrons. The Bertz CT molecular complexity index is 1530. The second-order valence-electron chi connectivity index (χ2n) is 10.3. The molecule has 9 nitrogen and oxygen atoms in total. The number of anilines is 1. The number of benzene rings is 3. The number of nitrogens with zero attached hydrogens (tertiary/aromatic N) is 2. The van der Waals surface area contributed by atoms with Gasteiger partial charge in [-0.25, -0.2) is 8.42 Å². The summed E-state index contributed by atoms with van der Waals surface area (Å²) in [5.41, 5.74) is 1.03. The maximum atomic E-state index is 14.1. The fraction of sp³-hybridized carbons (Fsp3) is 0.355. The quantitative estimate of drug-likeness (QED) is 0.258. The van der Waals surface area contributed by atoms with E-state index < -0.39 is 28.5 Å². The number of methoxy groups -OCH3 is 2. The Kier molecular flexibility index (Phi) is 11.0. The number of carbonyl (C=O) groups is 2. The Hall–Kier alpha value is -3.28. The molecular weight excluding hydrogens is 658 g/mol. The molecule has 4 rings (SSSR count). The molecule has 1 aliphatic carbocycles. The molecule has 0 saturated heterocycles. The van der Waals surface area contributed by atoms with Gasteiger partial charge in [0.2, 0.25) is 11.8 Å². The molecule has 2 amide bonds. The molecule has 1 N–H and O–H groups in total. The highest BCUT2D eigenvalue weighted by Gasteiger charge is 2.33. The largest absolute Gasteiger partial charge is 0.493 e. The lowest BCUT2D eigenvalue weighted by Crippen LogP contribution is -2.52. The van der Waals surface area contributed by atoms with Crippen LogP contribution in [0, 0.1) is 0 Å². The number of carbonyl (C=O) groups excluding carboxylic acids is 2. The summed E-state index contributed by atoms with van der Waals surface area (Å²) in [5, 5.41) is 3.48. The Morgan fingerprint density at radius 3 is 2.21 bits per heavy atom. The molecule has 43 heavy (non-hydrogen) atoms. The van der Waals surface area contributed by atoms with Crippen LogP contribution in [0.3, 0.4) is 0 Å². The fourth-order valence-electron chi connectivity index (χ4n) is 5.00. The topological polar surface area (TPSA) is 105 Å². The second-order valence-corrected chi connectivity index (χ2v) is 13.5. The summed E-state index contributed by atoms with van der Waals surface area (Å²) in [6, 6.07) is 17.0. The molecule has 1 aliphatic rings. The average molecular weight is 693 g/mol. The fourth-order valence-corrected chi connectivity index (χ4v) is 6.82. The summed E-state index contributed by atoms with van der Waals surface area (Å²) in [5.74, 6) is -0.243. The van der Waals surface area contributed by atoms with Crippen molar-refractivity contribution in [2.24, 2.45) is 0 Å². The lowest BCUT2D eigenvalue weighted by Gasteiger charge is -2.32. The van der Waals surface area contributed by atoms with Crippen molar-refractivity contribution in [3.05, 3.63) is 81.8 Å². The molecule has 0 aromatic heterocycles. The van der Waals surface area contributed by atoms with Gasteiger partial charge in [-0.1, -0.05) is 52.5 Å². The van der Waals surface area contributed by atoms with Crippen molar-refractivity contribution in [3.8, 4) is 11.5 Å². The molecule has 3 aromatic carbocycles. The molecule has 12 heteroatoms. The molecule has 0 spiro atoms. The standard InChI is InChI=1S/C31H35BrClN3O6S/c1-21(31(38)34-25-6-4-5-7-25)35(19-22-8-10-23(32)11-9-22)30(37)20-36(26-14-12-24(33)13-15-26)43(39,40)27-16-17-28(41-2)29(18-27)42-3/h8-18,21,25H,4-7,19-20H2,1-3H3,(H,34,38). The molecule has 0 bridgehead atoms. The highest BCUT2D eigenvalue weighted by atomic mass is 79.9. The number of halogens is 2. The number of hydrogen-bond donors (Lipinski definition) is 1. The van der Waals surface area contributed by atoms with Gasteiger partial charge in [-0.15, -0.1) is 0 Å². The van der Waals surface area contributed by atoms with Gasteiger partial charge in [0.15, 0.2) is 11.5 Å². The Balaban J connectivity index is 1.71. The summed E-state index contributed by atoms with van der Waals surface area (Å²) < 4.78 is 40.7. The first-order valence-electron chi connectivity index (χ1n) is 13.9. The molecular formula is C31H35BrClN3O6S. The van der Waals surface area contributed by atoms with Gasteiger partial charge < -0.3 is 19.7 Å². The van der Waals surface area contributed by atoms with Crippen LogP contribution in [-0.2, 0) is 26.2 Å². The number of rotatable bonds is 12. The third kappa shape index (κ3) is 8.01. The van der Waals surface area contributed by atoms with Crippen molar-refractivity contribution < 1.29 is 27.5 Å². The first kappa shape index (κ1) is 32.6. The van der Waals surface area contributed by atoms with Crippen LogP contribution in [0.5, 0.6) is 11.5 Å². The van der Waals surface area contributed by atoms with Gasteiger partial charge in [0.25, 0.3) is 10.0 Å². The van der Waals surface area contributed by atoms with Crippen molar-refractivity contribution in [2.45, 2.75) is 56.1 Å². The minimum Gasteiger partial charge on any atom is -0.493 e. The lowest BCUT2D eigenvalue weighted by molar-refractivity contribution is -0.139. The van der Waals surface area contributed by atoms with Gasteiger partial charge >= 0.3 is 0 Å². The van der Waals surface area contributed by atoms with E-state index in [0.29, 0.717) is 10.8 Å². The maximum absolute atomic E-state index is 14.1. The number of ether oxygens (including phenoxy) is 2. The minimum absolute atomic E-state index is 0.0654. The third-order valence-corrected chi connectivity index (χ3v) is 10.0. The minimum atomic E-state index is -4.30. The summed E-state index contributed by atoms with van der Waals surface area (Å²) in [6.07, 6.45) is 3.88. The zero-order valence-electron chi connectivity index (χ0n) is 24.3. The SMILES string of the molecule is COc1ccc(S(=O)(=O)N(CC(=O)N(Cc2ccc(Br)cc2)C(C)C(=O)NC2CCCC2)c2ccc(Cl)cc2)cc1OC. The van der Waals surface area contributed by atoms with Crippen LogP contribution in [0.15, 0.2) is 76.1 Å². The van der Waals surface area contributed by atoms with E-state index in [1.54, 1.807) is 19.1 Å². The van der Waals surface area contributed by atoms with Crippen LogP contribution in [0.4, 0.5) is 5.69 Å². The molecule has 0 radical (unpaired) electrons. The molecule has 3 aromatic rings. The van der Waals surface area contributed by atoms with E-state index in [-0.39, 0.29) is 34.8 Å². The van der Waals surface area contributed by atoms with Crippen LogP contribution >= 0.6 is 27.5 Å². The molecule has 1 unspecified atom stereocenters. The van der Waals surface area contributed by atoms with Crippen LogP contribution in [0.25, 0.3) is 0 Å². The summed E-state index contributed by atoms with van der Waals surface area (Å²) in [6.45, 7) is 1.21. The summed E-state index contributed by atoms with van der Waals surface area (Å²) in [4.78, 5) is 28.8. The normalized spacial score (nSPS) is 14.2.